The summed E-state index contributed by atoms with van der Waals surface area (Å²) in [5.41, 5.74) is 5.68. The van der Waals surface area contributed by atoms with Crippen molar-refractivity contribution in [1.29, 1.82) is 0 Å². The van der Waals surface area contributed by atoms with Crippen LogP contribution in [0.2, 0.25) is 0 Å². The second kappa shape index (κ2) is 7.30. The number of H-pyrrole nitrogens is 1. The molecule has 0 atom stereocenters. The minimum atomic E-state index is 0.106. The van der Waals surface area contributed by atoms with E-state index in [1.165, 1.54) is 16.7 Å². The molecule has 24 heavy (non-hydrogen) atoms. The zero-order valence-electron chi connectivity index (χ0n) is 14.2. The number of imidazole rings is 1. The smallest absolute Gasteiger partial charge is 0.220 e. The van der Waals surface area contributed by atoms with Crippen LogP contribution in [0.5, 0.6) is 0 Å². The molecule has 0 saturated carbocycles. The van der Waals surface area contributed by atoms with E-state index in [2.05, 4.69) is 58.6 Å². The summed E-state index contributed by atoms with van der Waals surface area (Å²) in [5, 5.41) is 3.00. The van der Waals surface area contributed by atoms with Crippen molar-refractivity contribution in [2.75, 3.05) is 6.54 Å². The van der Waals surface area contributed by atoms with E-state index in [-0.39, 0.29) is 5.91 Å². The number of carbonyl (C=O) groups is 1. The molecular formula is C20H23N3O. The Kier molecular flexibility index (Phi) is 4.94. The first-order valence-corrected chi connectivity index (χ1v) is 8.37. The number of aromatic nitrogens is 2. The van der Waals surface area contributed by atoms with Gasteiger partial charge in [0.05, 0.1) is 11.0 Å². The second-order valence-electron chi connectivity index (χ2n) is 6.26. The molecule has 0 radical (unpaired) electrons. The molecule has 0 aliphatic heterocycles. The third-order valence-electron chi connectivity index (χ3n) is 4.16. The predicted molar refractivity (Wildman–Crippen MR) is 97.0 cm³/mol. The largest absolute Gasteiger partial charge is 0.356 e. The van der Waals surface area contributed by atoms with Crippen molar-refractivity contribution < 1.29 is 4.79 Å². The van der Waals surface area contributed by atoms with Crippen molar-refractivity contribution in [3.63, 3.8) is 0 Å². The molecule has 2 N–H and O–H groups in total. The van der Waals surface area contributed by atoms with E-state index in [1.807, 2.05) is 13.0 Å². The molecule has 124 valence electrons. The molecule has 0 saturated heterocycles. The van der Waals surface area contributed by atoms with Gasteiger partial charge in [0, 0.05) is 13.0 Å². The highest BCUT2D eigenvalue weighted by molar-refractivity contribution is 5.77. The Morgan fingerprint density at radius 3 is 2.58 bits per heavy atom. The fourth-order valence-electron chi connectivity index (χ4n) is 2.79. The number of amides is 1. The summed E-state index contributed by atoms with van der Waals surface area (Å²) in [4.78, 5) is 19.6. The van der Waals surface area contributed by atoms with Crippen LogP contribution in [0, 0.1) is 13.8 Å². The van der Waals surface area contributed by atoms with Crippen molar-refractivity contribution in [2.24, 2.45) is 0 Å². The number of nitrogens with zero attached hydrogens (tertiary/aromatic N) is 1. The minimum absolute atomic E-state index is 0.106. The van der Waals surface area contributed by atoms with Crippen LogP contribution in [-0.2, 0) is 17.6 Å². The van der Waals surface area contributed by atoms with Crippen LogP contribution in [0.1, 0.15) is 28.9 Å². The van der Waals surface area contributed by atoms with Gasteiger partial charge in [0.15, 0.2) is 0 Å². The van der Waals surface area contributed by atoms with Crippen LogP contribution in [0.15, 0.2) is 42.5 Å². The van der Waals surface area contributed by atoms with Crippen LogP contribution in [0.4, 0.5) is 0 Å². The lowest BCUT2D eigenvalue weighted by Crippen LogP contribution is -2.25. The third-order valence-corrected chi connectivity index (χ3v) is 4.16. The molecule has 2 aromatic carbocycles. The van der Waals surface area contributed by atoms with Gasteiger partial charge in [0.25, 0.3) is 0 Å². The summed E-state index contributed by atoms with van der Waals surface area (Å²) in [7, 11) is 0. The zero-order chi connectivity index (χ0) is 16.9. The zero-order valence-corrected chi connectivity index (χ0v) is 14.2. The Hall–Kier alpha value is -2.62. The monoisotopic (exact) mass is 321 g/mol. The normalized spacial score (nSPS) is 10.9. The molecule has 1 amide bonds. The summed E-state index contributed by atoms with van der Waals surface area (Å²) >= 11 is 0. The van der Waals surface area contributed by atoms with Gasteiger partial charge in [-0.2, -0.15) is 0 Å². The van der Waals surface area contributed by atoms with Gasteiger partial charge in [0.1, 0.15) is 5.82 Å². The summed E-state index contributed by atoms with van der Waals surface area (Å²) in [6, 6.07) is 14.5. The highest BCUT2D eigenvalue weighted by Crippen LogP contribution is 2.13. The molecule has 4 nitrogen and oxygen atoms in total. The maximum Gasteiger partial charge on any atom is 0.220 e. The lowest BCUT2D eigenvalue weighted by Gasteiger charge is -2.06. The van der Waals surface area contributed by atoms with Gasteiger partial charge >= 0.3 is 0 Å². The van der Waals surface area contributed by atoms with E-state index >= 15 is 0 Å². The summed E-state index contributed by atoms with van der Waals surface area (Å²) < 4.78 is 0. The Morgan fingerprint density at radius 1 is 1.04 bits per heavy atom. The molecule has 3 rings (SSSR count). The number of carbonyl (C=O) groups excluding carboxylic acids is 1. The minimum Gasteiger partial charge on any atom is -0.356 e. The average molecular weight is 321 g/mol. The SMILES string of the molecule is Cc1ccc(CCC(=O)NCCc2ccc3nc(C)[nH]c3c2)cc1. The van der Waals surface area contributed by atoms with Crippen molar-refractivity contribution in [3.8, 4) is 0 Å². The average Bonchev–Trinajstić information content (AvgIpc) is 2.93. The van der Waals surface area contributed by atoms with Gasteiger partial charge in [-0.05, 0) is 49.9 Å². The van der Waals surface area contributed by atoms with Gasteiger partial charge in [-0.1, -0.05) is 35.9 Å². The van der Waals surface area contributed by atoms with E-state index in [9.17, 15) is 4.79 Å². The molecule has 1 aromatic heterocycles. The molecule has 0 bridgehead atoms. The number of aromatic amines is 1. The van der Waals surface area contributed by atoms with Gasteiger partial charge in [-0.15, -0.1) is 0 Å². The van der Waals surface area contributed by atoms with Crippen LogP contribution < -0.4 is 5.32 Å². The number of hydrogen-bond donors (Lipinski definition) is 2. The Balaban J connectivity index is 1.44. The van der Waals surface area contributed by atoms with Crippen molar-refractivity contribution in [3.05, 3.63) is 65.0 Å². The van der Waals surface area contributed by atoms with E-state index in [1.54, 1.807) is 0 Å². The van der Waals surface area contributed by atoms with Crippen molar-refractivity contribution in [1.82, 2.24) is 15.3 Å². The van der Waals surface area contributed by atoms with Gasteiger partial charge in [-0.25, -0.2) is 4.98 Å². The van der Waals surface area contributed by atoms with Crippen molar-refractivity contribution in [2.45, 2.75) is 33.1 Å². The fraction of sp³-hybridized carbons (Fsp3) is 0.300. The van der Waals surface area contributed by atoms with E-state index in [0.717, 1.165) is 29.7 Å². The van der Waals surface area contributed by atoms with E-state index in [4.69, 9.17) is 0 Å². The fourth-order valence-corrected chi connectivity index (χ4v) is 2.79. The molecule has 0 aliphatic rings. The number of aryl methyl sites for hydroxylation is 3. The van der Waals surface area contributed by atoms with Crippen LogP contribution >= 0.6 is 0 Å². The van der Waals surface area contributed by atoms with E-state index in [0.29, 0.717) is 13.0 Å². The highest BCUT2D eigenvalue weighted by atomic mass is 16.1. The maximum atomic E-state index is 12.0. The molecule has 0 aliphatic carbocycles. The van der Waals surface area contributed by atoms with Crippen molar-refractivity contribution >= 4 is 16.9 Å². The number of rotatable bonds is 6. The molecular weight excluding hydrogens is 298 g/mol. The topological polar surface area (TPSA) is 57.8 Å². The summed E-state index contributed by atoms with van der Waals surface area (Å²) in [5.74, 6) is 1.03. The van der Waals surface area contributed by atoms with Crippen LogP contribution in [0.25, 0.3) is 11.0 Å². The summed E-state index contributed by atoms with van der Waals surface area (Å²) in [6.07, 6.45) is 2.14. The molecule has 0 fully saturated rings. The van der Waals surface area contributed by atoms with Gasteiger partial charge < -0.3 is 10.3 Å². The van der Waals surface area contributed by atoms with E-state index < -0.39 is 0 Å². The molecule has 1 heterocycles. The molecule has 0 unspecified atom stereocenters. The highest BCUT2D eigenvalue weighted by Gasteiger charge is 2.04. The first kappa shape index (κ1) is 16.2. The number of benzene rings is 2. The first-order chi connectivity index (χ1) is 11.6. The van der Waals surface area contributed by atoms with Crippen LogP contribution in [0.3, 0.4) is 0 Å². The Bertz CT molecular complexity index is 834. The van der Waals surface area contributed by atoms with Crippen LogP contribution in [-0.4, -0.2) is 22.4 Å². The lowest BCUT2D eigenvalue weighted by molar-refractivity contribution is -0.121. The third kappa shape index (κ3) is 4.22. The quantitative estimate of drug-likeness (QED) is 0.730. The molecule has 4 heteroatoms. The molecule has 0 spiro atoms. The predicted octanol–water partition coefficient (Wildman–Crippen LogP) is 3.47. The summed E-state index contributed by atoms with van der Waals surface area (Å²) in [6.45, 7) is 4.68. The Morgan fingerprint density at radius 2 is 1.79 bits per heavy atom. The number of hydrogen-bond acceptors (Lipinski definition) is 2. The second-order valence-corrected chi connectivity index (χ2v) is 6.26. The molecule has 3 aromatic rings. The van der Waals surface area contributed by atoms with Gasteiger partial charge in [0.2, 0.25) is 5.91 Å². The Labute approximate surface area is 142 Å². The maximum absolute atomic E-state index is 12.0. The van der Waals surface area contributed by atoms with Gasteiger partial charge in [-0.3, -0.25) is 4.79 Å². The lowest BCUT2D eigenvalue weighted by atomic mass is 10.1. The standard InChI is InChI=1S/C20H23N3O/c1-14-3-5-16(6-4-14)8-10-20(24)21-12-11-17-7-9-18-19(13-17)23-15(2)22-18/h3-7,9,13H,8,10-12H2,1-2H3,(H,21,24)(H,22,23). The first-order valence-electron chi connectivity index (χ1n) is 8.37. The number of nitrogens with one attached hydrogen (secondary N) is 2. The number of fused-ring (bicyclic) bond motifs is 1.